The van der Waals surface area contributed by atoms with Gasteiger partial charge in [-0.15, -0.1) is 11.3 Å². The zero-order chi connectivity index (χ0) is 22.1. The molecule has 4 rings (SSSR count). The Morgan fingerprint density at radius 3 is 2.32 bits per heavy atom. The molecule has 0 aliphatic carbocycles. The summed E-state index contributed by atoms with van der Waals surface area (Å²) in [5, 5.41) is 4.56. The zero-order valence-electron chi connectivity index (χ0n) is 16.4. The van der Waals surface area contributed by atoms with Gasteiger partial charge >= 0.3 is 0 Å². The van der Waals surface area contributed by atoms with E-state index in [1.807, 2.05) is 0 Å². The Morgan fingerprint density at radius 2 is 1.68 bits per heavy atom. The van der Waals surface area contributed by atoms with Crippen LogP contribution in [0.25, 0.3) is 5.57 Å². The molecular formula is C22H16F2N2O4S. The van der Waals surface area contributed by atoms with Crippen molar-refractivity contribution in [3.05, 3.63) is 76.1 Å². The SMILES string of the molecule is COc1ccc(N2C(=O)C(Nc3ccc(F)c(F)c3)=C(c3cccs3)C2=O)cc1OC. The van der Waals surface area contributed by atoms with E-state index >= 15 is 0 Å². The molecular weight excluding hydrogens is 426 g/mol. The number of carbonyl (C=O) groups is 2. The largest absolute Gasteiger partial charge is 0.493 e. The van der Waals surface area contributed by atoms with Crippen molar-refractivity contribution in [3.8, 4) is 11.5 Å². The first-order chi connectivity index (χ1) is 14.9. The number of hydrogen-bond donors (Lipinski definition) is 1. The van der Waals surface area contributed by atoms with Gasteiger partial charge in [0.2, 0.25) is 0 Å². The molecule has 31 heavy (non-hydrogen) atoms. The summed E-state index contributed by atoms with van der Waals surface area (Å²) >= 11 is 1.28. The second-order valence-corrected chi connectivity index (χ2v) is 7.41. The molecule has 1 aromatic heterocycles. The number of benzene rings is 2. The van der Waals surface area contributed by atoms with Gasteiger partial charge in [0.15, 0.2) is 23.1 Å². The number of ether oxygens (including phenoxy) is 2. The van der Waals surface area contributed by atoms with Crippen molar-refractivity contribution in [2.45, 2.75) is 0 Å². The number of methoxy groups -OCH3 is 2. The van der Waals surface area contributed by atoms with Crippen LogP contribution >= 0.6 is 11.3 Å². The Bertz CT molecular complexity index is 1210. The molecule has 2 aromatic carbocycles. The summed E-state index contributed by atoms with van der Waals surface area (Å²) in [5.74, 6) is -2.48. The van der Waals surface area contributed by atoms with Gasteiger partial charge in [-0.2, -0.15) is 0 Å². The number of hydrogen-bond acceptors (Lipinski definition) is 6. The van der Waals surface area contributed by atoms with E-state index in [2.05, 4.69) is 5.32 Å². The van der Waals surface area contributed by atoms with Gasteiger partial charge in [-0.05, 0) is 35.7 Å². The minimum atomic E-state index is -1.07. The van der Waals surface area contributed by atoms with Gasteiger partial charge in [0.25, 0.3) is 11.8 Å². The number of anilines is 2. The predicted molar refractivity (Wildman–Crippen MR) is 113 cm³/mol. The number of nitrogens with zero attached hydrogens (tertiary/aromatic N) is 1. The van der Waals surface area contributed by atoms with E-state index < -0.39 is 23.4 Å². The van der Waals surface area contributed by atoms with Gasteiger partial charge in [0.05, 0.1) is 25.5 Å². The topological polar surface area (TPSA) is 67.9 Å². The third-order valence-corrected chi connectivity index (χ3v) is 5.55. The van der Waals surface area contributed by atoms with Crippen LogP contribution < -0.4 is 19.7 Å². The van der Waals surface area contributed by atoms with E-state index in [1.165, 1.54) is 37.7 Å². The van der Waals surface area contributed by atoms with Crippen molar-refractivity contribution in [1.82, 2.24) is 0 Å². The van der Waals surface area contributed by atoms with Crippen molar-refractivity contribution in [2.75, 3.05) is 24.4 Å². The minimum absolute atomic E-state index is 0.0340. The Hall–Kier alpha value is -3.72. The summed E-state index contributed by atoms with van der Waals surface area (Å²) in [4.78, 5) is 28.1. The van der Waals surface area contributed by atoms with Crippen molar-refractivity contribution < 1.29 is 27.8 Å². The first-order valence-electron chi connectivity index (χ1n) is 9.05. The lowest BCUT2D eigenvalue weighted by molar-refractivity contribution is -0.120. The van der Waals surface area contributed by atoms with Crippen LogP contribution in [0, 0.1) is 11.6 Å². The number of halogens is 2. The van der Waals surface area contributed by atoms with Gasteiger partial charge in [-0.1, -0.05) is 6.07 Å². The normalized spacial score (nSPS) is 13.7. The summed E-state index contributed by atoms with van der Waals surface area (Å²) in [5.41, 5.74) is 0.523. The summed E-state index contributed by atoms with van der Waals surface area (Å²) < 4.78 is 37.5. The highest BCUT2D eigenvalue weighted by Gasteiger charge is 2.41. The van der Waals surface area contributed by atoms with E-state index in [1.54, 1.807) is 29.6 Å². The number of rotatable bonds is 6. The molecule has 0 saturated carbocycles. The molecule has 0 saturated heterocycles. The second kappa shape index (κ2) is 8.19. The van der Waals surface area contributed by atoms with Crippen molar-refractivity contribution in [2.24, 2.45) is 0 Å². The Morgan fingerprint density at radius 1 is 0.903 bits per heavy atom. The quantitative estimate of drug-likeness (QED) is 0.572. The predicted octanol–water partition coefficient (Wildman–Crippen LogP) is 4.44. The number of nitrogens with one attached hydrogen (secondary N) is 1. The van der Waals surface area contributed by atoms with Crippen LogP contribution in [0.5, 0.6) is 11.5 Å². The fourth-order valence-electron chi connectivity index (χ4n) is 3.21. The van der Waals surface area contributed by atoms with Crippen LogP contribution in [-0.2, 0) is 9.59 Å². The molecule has 3 aromatic rings. The lowest BCUT2D eigenvalue weighted by atomic mass is 10.2. The van der Waals surface area contributed by atoms with Crippen LogP contribution in [-0.4, -0.2) is 26.0 Å². The molecule has 0 spiro atoms. The van der Waals surface area contributed by atoms with Crippen LogP contribution in [0.2, 0.25) is 0 Å². The highest BCUT2D eigenvalue weighted by Crippen LogP contribution is 2.38. The van der Waals surface area contributed by atoms with Gasteiger partial charge in [0.1, 0.15) is 5.70 Å². The number of carbonyl (C=O) groups excluding carboxylic acids is 2. The average molecular weight is 442 g/mol. The monoisotopic (exact) mass is 442 g/mol. The van der Waals surface area contributed by atoms with Crippen molar-refractivity contribution in [1.29, 1.82) is 0 Å². The molecule has 1 aliphatic heterocycles. The molecule has 9 heteroatoms. The summed E-state index contributed by atoms with van der Waals surface area (Å²) in [6.45, 7) is 0. The highest BCUT2D eigenvalue weighted by molar-refractivity contribution is 7.11. The maximum atomic E-state index is 13.7. The van der Waals surface area contributed by atoms with Crippen LogP contribution in [0.15, 0.2) is 59.6 Å². The van der Waals surface area contributed by atoms with E-state index in [0.29, 0.717) is 16.4 Å². The molecule has 1 N–H and O–H groups in total. The minimum Gasteiger partial charge on any atom is -0.493 e. The van der Waals surface area contributed by atoms with Crippen LogP contribution in [0.4, 0.5) is 20.2 Å². The number of amides is 2. The standard InChI is InChI=1S/C22H16F2N2O4S/c1-29-16-8-6-13(11-17(16)30-2)26-21(27)19(18-4-3-9-31-18)20(22(26)28)25-12-5-7-14(23)15(24)10-12/h3-11,25H,1-2H3. The second-order valence-electron chi connectivity index (χ2n) is 6.47. The molecule has 1 aliphatic rings. The third kappa shape index (κ3) is 3.64. The molecule has 0 atom stereocenters. The molecule has 0 bridgehead atoms. The molecule has 0 fully saturated rings. The number of imide groups is 1. The zero-order valence-corrected chi connectivity index (χ0v) is 17.3. The van der Waals surface area contributed by atoms with Crippen molar-refractivity contribution in [3.63, 3.8) is 0 Å². The Kier molecular flexibility index (Phi) is 5.43. The Labute approximate surface area is 180 Å². The fourth-order valence-corrected chi connectivity index (χ4v) is 3.98. The summed E-state index contributed by atoms with van der Waals surface area (Å²) in [6.07, 6.45) is 0. The molecule has 0 unspecified atom stereocenters. The van der Waals surface area contributed by atoms with Crippen molar-refractivity contribution >= 4 is 40.1 Å². The van der Waals surface area contributed by atoms with E-state index in [9.17, 15) is 18.4 Å². The maximum absolute atomic E-state index is 13.7. The van der Waals surface area contributed by atoms with Gasteiger partial charge in [-0.25, -0.2) is 13.7 Å². The van der Waals surface area contributed by atoms with E-state index in [-0.39, 0.29) is 22.6 Å². The number of thiophene rings is 1. The molecule has 6 nitrogen and oxygen atoms in total. The summed E-state index contributed by atoms with van der Waals surface area (Å²) in [6, 6.07) is 11.3. The fraction of sp³-hybridized carbons (Fsp3) is 0.0909. The van der Waals surface area contributed by atoms with Crippen LogP contribution in [0.3, 0.4) is 0 Å². The van der Waals surface area contributed by atoms with Crippen LogP contribution in [0.1, 0.15) is 4.88 Å². The first kappa shape index (κ1) is 20.5. The third-order valence-electron chi connectivity index (χ3n) is 4.67. The lowest BCUT2D eigenvalue weighted by Crippen LogP contribution is -2.32. The molecule has 2 heterocycles. The summed E-state index contributed by atoms with van der Waals surface area (Å²) in [7, 11) is 2.92. The van der Waals surface area contributed by atoms with Gasteiger partial charge < -0.3 is 14.8 Å². The average Bonchev–Trinajstić information content (AvgIpc) is 3.37. The maximum Gasteiger partial charge on any atom is 0.282 e. The first-order valence-corrected chi connectivity index (χ1v) is 9.93. The smallest absolute Gasteiger partial charge is 0.282 e. The van der Waals surface area contributed by atoms with E-state index in [4.69, 9.17) is 9.47 Å². The molecule has 0 radical (unpaired) electrons. The lowest BCUT2D eigenvalue weighted by Gasteiger charge is -2.17. The molecule has 2 amide bonds. The van der Waals surface area contributed by atoms with Gasteiger partial charge in [-0.3, -0.25) is 9.59 Å². The Balaban J connectivity index is 1.78. The highest BCUT2D eigenvalue weighted by atomic mass is 32.1. The van der Waals surface area contributed by atoms with Gasteiger partial charge in [0, 0.05) is 22.7 Å². The van der Waals surface area contributed by atoms with E-state index in [0.717, 1.165) is 17.0 Å². The molecule has 158 valence electrons.